The van der Waals surface area contributed by atoms with E-state index in [1.54, 1.807) is 6.07 Å². The molecule has 0 saturated carbocycles. The monoisotopic (exact) mass is 411 g/mol. The molecule has 2 aromatic rings. The zero-order valence-electron chi connectivity index (χ0n) is 16.7. The number of nitrogens with zero attached hydrogens (tertiary/aromatic N) is 3. The number of hydrogen-bond donors (Lipinski definition) is 2. The predicted molar refractivity (Wildman–Crippen MR) is 109 cm³/mol. The number of hydrogen-bond acceptors (Lipinski definition) is 6. The van der Waals surface area contributed by atoms with Crippen LogP contribution in [0, 0.1) is 10.1 Å². The fourth-order valence-electron chi connectivity index (χ4n) is 3.53. The number of nitro groups is 1. The Morgan fingerprint density at radius 1 is 1.23 bits per heavy atom. The summed E-state index contributed by atoms with van der Waals surface area (Å²) in [6.45, 7) is 1.06. The van der Waals surface area contributed by atoms with E-state index in [1.165, 1.54) is 52.5 Å². The molecule has 1 atom stereocenters. The van der Waals surface area contributed by atoms with Gasteiger partial charge in [0.05, 0.1) is 37.2 Å². The molecule has 1 aromatic carbocycles. The van der Waals surface area contributed by atoms with E-state index in [0.29, 0.717) is 17.5 Å². The van der Waals surface area contributed by atoms with Crippen LogP contribution in [0.5, 0.6) is 0 Å². The maximum Gasteiger partial charge on any atom is 0.295 e. The van der Waals surface area contributed by atoms with Gasteiger partial charge in [-0.2, -0.15) is 0 Å². The van der Waals surface area contributed by atoms with Crippen molar-refractivity contribution >= 4 is 23.1 Å². The van der Waals surface area contributed by atoms with Crippen molar-refractivity contribution < 1.29 is 24.5 Å². The first-order valence-corrected chi connectivity index (χ1v) is 9.53. The maximum absolute atomic E-state index is 12.9. The van der Waals surface area contributed by atoms with E-state index >= 15 is 0 Å². The van der Waals surface area contributed by atoms with Gasteiger partial charge >= 0.3 is 0 Å². The van der Waals surface area contributed by atoms with Crippen LogP contribution in [-0.4, -0.2) is 58.8 Å². The molecule has 1 aromatic heterocycles. The second-order valence-electron chi connectivity index (χ2n) is 7.39. The number of nitrogens with one attached hydrogen (secondary N) is 1. The molecule has 0 radical (unpaired) electrons. The van der Waals surface area contributed by atoms with Crippen molar-refractivity contribution in [1.29, 1.82) is 0 Å². The zero-order chi connectivity index (χ0) is 21.8. The number of aromatic nitrogens is 1. The number of benzene rings is 1. The van der Waals surface area contributed by atoms with Crippen molar-refractivity contribution in [3.05, 3.63) is 75.6 Å². The first kappa shape index (κ1) is 21.1. The number of Topliss-reactive ketones (excluding diaryl/α,β-unsaturated/α-hetero) is 1. The number of rotatable bonds is 7. The van der Waals surface area contributed by atoms with Gasteiger partial charge in [-0.15, -0.1) is 0 Å². The van der Waals surface area contributed by atoms with Gasteiger partial charge in [-0.05, 0) is 17.7 Å². The minimum atomic E-state index is -0.907. The van der Waals surface area contributed by atoms with Gasteiger partial charge in [0, 0.05) is 43.1 Å². The molecular weight excluding hydrogens is 388 g/mol. The highest BCUT2D eigenvalue weighted by Crippen LogP contribution is 2.40. The molecule has 1 fully saturated rings. The first-order chi connectivity index (χ1) is 14.3. The summed E-state index contributed by atoms with van der Waals surface area (Å²) in [6, 6.07) is 7.95. The SMILES string of the molecule is C[NH+](C)CCCN1C(=O)C(=O)C(=C(O)c2ccncc2)[C@@H]1c1cccc([N+](=O)[O-])c1. The van der Waals surface area contributed by atoms with Crippen LogP contribution in [0.1, 0.15) is 23.6 Å². The number of likely N-dealkylation sites (tertiary alicyclic amines) is 1. The third-order valence-electron chi connectivity index (χ3n) is 4.97. The van der Waals surface area contributed by atoms with Crippen molar-refractivity contribution in [3.8, 4) is 0 Å². The standard InChI is InChI=1S/C21H22N4O5/c1-23(2)11-4-12-24-18(15-5-3-6-16(13-15)25(29)30)17(20(27)21(24)28)19(26)14-7-9-22-10-8-14/h3,5-10,13,18,26H,4,11-12H2,1-2H3/p+1/t18-/m0/s1. The topological polar surface area (TPSA) is 118 Å². The minimum Gasteiger partial charge on any atom is -0.507 e. The Balaban J connectivity index is 2.12. The highest BCUT2D eigenvalue weighted by Gasteiger charge is 2.46. The number of aliphatic hydroxyl groups is 1. The predicted octanol–water partition coefficient (Wildman–Crippen LogP) is 0.946. The summed E-state index contributed by atoms with van der Waals surface area (Å²) >= 11 is 0. The molecule has 2 heterocycles. The lowest BCUT2D eigenvalue weighted by atomic mass is 9.95. The number of nitro benzene ring substituents is 1. The molecule has 2 N–H and O–H groups in total. The van der Waals surface area contributed by atoms with E-state index in [2.05, 4.69) is 4.98 Å². The summed E-state index contributed by atoms with van der Waals surface area (Å²) in [5.41, 5.74) is 0.510. The summed E-state index contributed by atoms with van der Waals surface area (Å²) in [5.74, 6) is -1.86. The molecular formula is C21H23N4O5+. The van der Waals surface area contributed by atoms with Gasteiger partial charge in [0.2, 0.25) is 0 Å². The molecule has 0 bridgehead atoms. The highest BCUT2D eigenvalue weighted by atomic mass is 16.6. The van der Waals surface area contributed by atoms with E-state index in [1.807, 2.05) is 14.1 Å². The summed E-state index contributed by atoms with van der Waals surface area (Å²) in [7, 11) is 3.96. The summed E-state index contributed by atoms with van der Waals surface area (Å²) in [5, 5.41) is 22.1. The Kier molecular flexibility index (Phi) is 6.22. The lowest BCUT2D eigenvalue weighted by Crippen LogP contribution is -3.05. The molecule has 30 heavy (non-hydrogen) atoms. The molecule has 1 amide bonds. The van der Waals surface area contributed by atoms with E-state index in [-0.39, 0.29) is 23.6 Å². The number of quaternary nitrogens is 1. The Hall–Kier alpha value is -3.59. The van der Waals surface area contributed by atoms with E-state index in [9.17, 15) is 24.8 Å². The Morgan fingerprint density at radius 3 is 2.57 bits per heavy atom. The fourth-order valence-corrected chi connectivity index (χ4v) is 3.53. The fraction of sp³-hybridized carbons (Fsp3) is 0.286. The summed E-state index contributed by atoms with van der Waals surface area (Å²) in [4.78, 5) is 42.9. The van der Waals surface area contributed by atoms with Crippen molar-refractivity contribution in [2.45, 2.75) is 12.5 Å². The van der Waals surface area contributed by atoms with Crippen LogP contribution in [0.25, 0.3) is 5.76 Å². The van der Waals surface area contributed by atoms with Crippen LogP contribution in [-0.2, 0) is 9.59 Å². The van der Waals surface area contributed by atoms with Gasteiger partial charge < -0.3 is 14.9 Å². The lowest BCUT2D eigenvalue weighted by Gasteiger charge is -2.25. The molecule has 156 valence electrons. The molecule has 9 nitrogen and oxygen atoms in total. The maximum atomic E-state index is 12.9. The van der Waals surface area contributed by atoms with Gasteiger partial charge in [0.1, 0.15) is 5.76 Å². The van der Waals surface area contributed by atoms with E-state index < -0.39 is 22.7 Å². The van der Waals surface area contributed by atoms with Gasteiger partial charge in [0.25, 0.3) is 17.4 Å². The van der Waals surface area contributed by atoms with Crippen molar-refractivity contribution in [2.24, 2.45) is 0 Å². The molecule has 0 spiro atoms. The quantitative estimate of drug-likeness (QED) is 0.230. The Bertz CT molecular complexity index is 1000. The molecule has 0 aliphatic carbocycles. The van der Waals surface area contributed by atoms with Crippen LogP contribution in [0.4, 0.5) is 5.69 Å². The van der Waals surface area contributed by atoms with Gasteiger partial charge in [-0.25, -0.2) is 0 Å². The van der Waals surface area contributed by atoms with Gasteiger partial charge in [-0.3, -0.25) is 24.7 Å². The number of pyridine rings is 1. The highest BCUT2D eigenvalue weighted by molar-refractivity contribution is 6.46. The molecule has 9 heteroatoms. The van der Waals surface area contributed by atoms with Crippen LogP contribution < -0.4 is 4.90 Å². The second kappa shape index (κ2) is 8.83. The first-order valence-electron chi connectivity index (χ1n) is 9.53. The van der Waals surface area contributed by atoms with Crippen LogP contribution in [0.2, 0.25) is 0 Å². The molecule has 0 unspecified atom stereocenters. The Morgan fingerprint density at radius 2 is 1.93 bits per heavy atom. The van der Waals surface area contributed by atoms with Crippen molar-refractivity contribution in [2.75, 3.05) is 27.2 Å². The van der Waals surface area contributed by atoms with Crippen LogP contribution >= 0.6 is 0 Å². The third-order valence-corrected chi connectivity index (χ3v) is 4.97. The zero-order valence-corrected chi connectivity index (χ0v) is 16.7. The van der Waals surface area contributed by atoms with Crippen molar-refractivity contribution in [1.82, 2.24) is 9.88 Å². The van der Waals surface area contributed by atoms with Gasteiger partial charge in [-0.1, -0.05) is 12.1 Å². The van der Waals surface area contributed by atoms with Crippen LogP contribution in [0.3, 0.4) is 0 Å². The normalized spacial score (nSPS) is 18.2. The molecule has 1 aliphatic heterocycles. The number of ketones is 1. The van der Waals surface area contributed by atoms with Crippen molar-refractivity contribution in [3.63, 3.8) is 0 Å². The smallest absolute Gasteiger partial charge is 0.295 e. The number of carbonyl (C=O) groups is 2. The van der Waals surface area contributed by atoms with Gasteiger partial charge in [0.15, 0.2) is 0 Å². The average molecular weight is 411 g/mol. The second-order valence-corrected chi connectivity index (χ2v) is 7.39. The lowest BCUT2D eigenvalue weighted by molar-refractivity contribution is -0.858. The number of amides is 1. The largest absolute Gasteiger partial charge is 0.507 e. The Labute approximate surface area is 173 Å². The average Bonchev–Trinajstić information content (AvgIpc) is 2.98. The van der Waals surface area contributed by atoms with E-state index in [0.717, 1.165) is 6.54 Å². The number of aliphatic hydroxyl groups excluding tert-OH is 1. The number of carbonyl (C=O) groups excluding carboxylic acids is 2. The summed E-state index contributed by atoms with van der Waals surface area (Å²) in [6.07, 6.45) is 3.57. The van der Waals surface area contributed by atoms with Crippen LogP contribution in [0.15, 0.2) is 54.4 Å². The minimum absolute atomic E-state index is 0.0797. The molecule has 1 aliphatic rings. The third kappa shape index (κ3) is 4.20. The van der Waals surface area contributed by atoms with E-state index in [4.69, 9.17) is 0 Å². The summed E-state index contributed by atoms with van der Waals surface area (Å²) < 4.78 is 0. The molecule has 3 rings (SSSR count). The number of non-ortho nitro benzene ring substituents is 1. The molecule has 1 saturated heterocycles.